The van der Waals surface area contributed by atoms with Crippen LogP contribution in [0.4, 0.5) is 18.9 Å². The van der Waals surface area contributed by atoms with Crippen molar-refractivity contribution < 1.29 is 18.0 Å². The summed E-state index contributed by atoms with van der Waals surface area (Å²) < 4.78 is 39.4. The van der Waals surface area contributed by atoms with Crippen LogP contribution in [0.1, 0.15) is 0 Å². The number of aromatic nitrogens is 1. The number of alkyl halides is 3. The van der Waals surface area contributed by atoms with Crippen LogP contribution in [0.25, 0.3) is 10.9 Å². The van der Waals surface area contributed by atoms with Crippen molar-refractivity contribution in [2.75, 3.05) is 18.0 Å². The lowest BCUT2D eigenvalue weighted by atomic mass is 9.95. The molecule has 1 saturated heterocycles. The molecule has 4 nitrogen and oxygen atoms in total. The summed E-state index contributed by atoms with van der Waals surface area (Å²) in [5, 5.41) is 0.760. The quantitative estimate of drug-likeness (QED) is 0.926. The normalized spacial score (nSPS) is 22.2. The Balaban J connectivity index is 2.00. The summed E-state index contributed by atoms with van der Waals surface area (Å²) in [6, 6.07) is 8.88. The van der Waals surface area contributed by atoms with Crippen molar-refractivity contribution in [1.29, 1.82) is 0 Å². The van der Waals surface area contributed by atoms with Gasteiger partial charge in [0.2, 0.25) is 5.91 Å². The van der Waals surface area contributed by atoms with Gasteiger partial charge in [-0.2, -0.15) is 13.2 Å². The van der Waals surface area contributed by atoms with Crippen LogP contribution >= 0.6 is 0 Å². The number of hydrogen-bond acceptors (Lipinski definition) is 3. The molecular formula is C15H14F3N3O. The number of primary amides is 1. The number of carbonyl (C=O) groups is 1. The van der Waals surface area contributed by atoms with E-state index in [2.05, 4.69) is 4.98 Å². The summed E-state index contributed by atoms with van der Waals surface area (Å²) in [7, 11) is 0. The fraction of sp³-hybridized carbons (Fsp3) is 0.333. The third-order valence-corrected chi connectivity index (χ3v) is 4.07. The minimum Gasteiger partial charge on any atom is -0.369 e. The Kier molecular flexibility index (Phi) is 3.42. The van der Waals surface area contributed by atoms with Crippen LogP contribution in [0.3, 0.4) is 0 Å². The van der Waals surface area contributed by atoms with Gasteiger partial charge in [0.1, 0.15) is 0 Å². The molecule has 2 atom stereocenters. The number of hydrogen-bond donors (Lipinski definition) is 1. The van der Waals surface area contributed by atoms with Gasteiger partial charge in [-0.25, -0.2) is 0 Å². The van der Waals surface area contributed by atoms with Gasteiger partial charge in [0.15, 0.2) is 0 Å². The molecule has 7 heteroatoms. The molecule has 0 saturated carbocycles. The Labute approximate surface area is 124 Å². The standard InChI is InChI=1S/C15H14F3N3O/c16-15(17,18)11-8-21(7-10(11)14(19)22)13-5-6-20-12-4-2-1-3-9(12)13/h1-6,10-11H,7-8H2,(H2,19,22)/t10-,11-/m1/s1. The number of amides is 1. The van der Waals surface area contributed by atoms with Crippen LogP contribution in [-0.4, -0.2) is 30.2 Å². The summed E-state index contributed by atoms with van der Waals surface area (Å²) >= 11 is 0. The average molecular weight is 309 g/mol. The Bertz CT molecular complexity index is 711. The molecular weight excluding hydrogens is 295 g/mol. The Morgan fingerprint density at radius 1 is 1.23 bits per heavy atom. The maximum absolute atomic E-state index is 13.1. The molecule has 1 amide bonds. The maximum atomic E-state index is 13.1. The van der Waals surface area contributed by atoms with E-state index in [9.17, 15) is 18.0 Å². The molecule has 1 fully saturated rings. The van der Waals surface area contributed by atoms with Gasteiger partial charge in [-0.15, -0.1) is 0 Å². The Morgan fingerprint density at radius 3 is 2.59 bits per heavy atom. The van der Waals surface area contributed by atoms with Crippen molar-refractivity contribution >= 4 is 22.5 Å². The third kappa shape index (κ3) is 2.47. The van der Waals surface area contributed by atoms with Gasteiger partial charge >= 0.3 is 6.18 Å². The van der Waals surface area contributed by atoms with Crippen LogP contribution in [0, 0.1) is 11.8 Å². The van der Waals surface area contributed by atoms with Crippen LogP contribution in [0.15, 0.2) is 36.5 Å². The first-order valence-electron chi connectivity index (χ1n) is 6.82. The zero-order valence-electron chi connectivity index (χ0n) is 11.5. The van der Waals surface area contributed by atoms with Gasteiger partial charge in [-0.3, -0.25) is 9.78 Å². The summed E-state index contributed by atoms with van der Waals surface area (Å²) in [5.74, 6) is -3.88. The highest BCUT2D eigenvalue weighted by Gasteiger charge is 2.52. The summed E-state index contributed by atoms with van der Waals surface area (Å²) in [5.41, 5.74) is 6.50. The van der Waals surface area contributed by atoms with Gasteiger partial charge in [-0.1, -0.05) is 18.2 Å². The lowest BCUT2D eigenvalue weighted by Gasteiger charge is -2.21. The van der Waals surface area contributed by atoms with E-state index in [4.69, 9.17) is 5.73 Å². The largest absolute Gasteiger partial charge is 0.394 e. The lowest BCUT2D eigenvalue weighted by molar-refractivity contribution is -0.181. The second kappa shape index (κ2) is 5.15. The smallest absolute Gasteiger partial charge is 0.369 e. The maximum Gasteiger partial charge on any atom is 0.394 e. The summed E-state index contributed by atoms with van der Waals surface area (Å²) in [4.78, 5) is 17.1. The van der Waals surface area contributed by atoms with Crippen LogP contribution in [0.2, 0.25) is 0 Å². The van der Waals surface area contributed by atoms with Crippen LogP contribution in [0.5, 0.6) is 0 Å². The first kappa shape index (κ1) is 14.6. The van der Waals surface area contributed by atoms with E-state index in [1.807, 2.05) is 6.07 Å². The van der Waals surface area contributed by atoms with Crippen LogP contribution < -0.4 is 10.6 Å². The summed E-state index contributed by atoms with van der Waals surface area (Å²) in [6.07, 6.45) is -2.89. The molecule has 1 aliphatic rings. The zero-order chi connectivity index (χ0) is 15.9. The SMILES string of the molecule is NC(=O)[C@@H]1CN(c2ccnc3ccccc23)C[C@H]1C(F)(F)F. The zero-order valence-corrected chi connectivity index (χ0v) is 11.5. The average Bonchev–Trinajstić information content (AvgIpc) is 2.92. The number of anilines is 1. The summed E-state index contributed by atoms with van der Waals surface area (Å²) in [6.45, 7) is -0.307. The van der Waals surface area contributed by atoms with E-state index < -0.39 is 23.9 Å². The predicted octanol–water partition coefficient (Wildman–Crippen LogP) is 2.33. The highest BCUT2D eigenvalue weighted by Crippen LogP contribution is 2.40. The molecule has 0 bridgehead atoms. The molecule has 2 heterocycles. The number of halogens is 3. The number of para-hydroxylation sites is 1. The van der Waals surface area contributed by atoms with Crippen LogP contribution in [-0.2, 0) is 4.79 Å². The van der Waals surface area contributed by atoms with Crippen molar-refractivity contribution in [3.63, 3.8) is 0 Å². The molecule has 22 heavy (non-hydrogen) atoms. The van der Waals surface area contributed by atoms with Gasteiger partial charge in [0, 0.05) is 30.4 Å². The van der Waals surface area contributed by atoms with E-state index in [0.717, 1.165) is 5.39 Å². The number of fused-ring (bicyclic) bond motifs is 1. The number of rotatable bonds is 2. The topological polar surface area (TPSA) is 59.2 Å². The van der Waals surface area contributed by atoms with Crippen molar-refractivity contribution in [2.24, 2.45) is 17.6 Å². The second-order valence-corrected chi connectivity index (χ2v) is 5.41. The lowest BCUT2D eigenvalue weighted by Crippen LogP contribution is -2.37. The number of nitrogens with two attached hydrogens (primary N) is 1. The van der Waals surface area contributed by atoms with Crippen molar-refractivity contribution in [2.45, 2.75) is 6.18 Å². The highest BCUT2D eigenvalue weighted by molar-refractivity contribution is 5.92. The fourth-order valence-electron chi connectivity index (χ4n) is 2.98. The van der Waals surface area contributed by atoms with Gasteiger partial charge in [0.25, 0.3) is 0 Å². The minimum atomic E-state index is -4.45. The number of benzene rings is 1. The van der Waals surface area contributed by atoms with Crippen molar-refractivity contribution in [3.8, 4) is 0 Å². The molecule has 116 valence electrons. The first-order chi connectivity index (χ1) is 10.4. The second-order valence-electron chi connectivity index (χ2n) is 5.41. The van der Waals surface area contributed by atoms with E-state index in [1.54, 1.807) is 35.4 Å². The molecule has 1 aromatic carbocycles. The van der Waals surface area contributed by atoms with Gasteiger partial charge in [-0.05, 0) is 12.1 Å². The van der Waals surface area contributed by atoms with Crippen molar-refractivity contribution in [3.05, 3.63) is 36.5 Å². The molecule has 0 unspecified atom stereocenters. The highest BCUT2D eigenvalue weighted by atomic mass is 19.4. The third-order valence-electron chi connectivity index (χ3n) is 4.07. The Morgan fingerprint density at radius 2 is 1.95 bits per heavy atom. The van der Waals surface area contributed by atoms with Gasteiger partial charge < -0.3 is 10.6 Å². The van der Waals surface area contributed by atoms with Gasteiger partial charge in [0.05, 0.1) is 17.4 Å². The first-order valence-corrected chi connectivity index (χ1v) is 6.82. The van der Waals surface area contributed by atoms with E-state index in [-0.39, 0.29) is 13.1 Å². The minimum absolute atomic E-state index is 0.0342. The molecule has 1 aliphatic heterocycles. The predicted molar refractivity (Wildman–Crippen MR) is 76.2 cm³/mol. The van der Waals surface area contributed by atoms with E-state index in [1.165, 1.54) is 0 Å². The van der Waals surface area contributed by atoms with Crippen molar-refractivity contribution in [1.82, 2.24) is 4.98 Å². The van der Waals surface area contributed by atoms with E-state index in [0.29, 0.717) is 11.2 Å². The molecule has 0 radical (unpaired) electrons. The number of pyridine rings is 1. The number of nitrogens with zero attached hydrogens (tertiary/aromatic N) is 2. The number of carbonyl (C=O) groups excluding carboxylic acids is 1. The molecule has 0 aliphatic carbocycles. The Hall–Kier alpha value is -2.31. The molecule has 2 N–H and O–H groups in total. The monoisotopic (exact) mass is 309 g/mol. The van der Waals surface area contributed by atoms with E-state index >= 15 is 0 Å². The molecule has 0 spiro atoms. The molecule has 3 rings (SSSR count). The molecule has 2 aromatic rings. The fourth-order valence-corrected chi connectivity index (χ4v) is 2.98. The molecule has 1 aromatic heterocycles.